The number of rotatable bonds is 8. The second-order valence-corrected chi connectivity index (χ2v) is 15.7. The normalized spacial score (nSPS) is 11.8. The largest absolute Gasteiger partial charge is 0.854 e. The molecule has 272 valence electrons. The molecule has 53 heavy (non-hydrogen) atoms. The molecule has 0 bridgehead atoms. The van der Waals surface area contributed by atoms with Crippen molar-refractivity contribution in [3.05, 3.63) is 133 Å². The van der Waals surface area contributed by atoms with Gasteiger partial charge >= 0.3 is 19.9 Å². The van der Waals surface area contributed by atoms with Gasteiger partial charge in [0.2, 0.25) is 0 Å². The van der Waals surface area contributed by atoms with Crippen molar-refractivity contribution in [1.82, 2.24) is 9.13 Å². The Morgan fingerprint density at radius 1 is 0.679 bits per heavy atom. The molecule has 4 aromatic carbocycles. The molecule has 4 heterocycles. The minimum Gasteiger partial charge on any atom is -0.854 e. The zero-order valence-electron chi connectivity index (χ0n) is 29.3. The Morgan fingerprint density at radius 3 is 1.94 bits per heavy atom. The van der Waals surface area contributed by atoms with Crippen molar-refractivity contribution in [3.8, 4) is 11.3 Å². The van der Waals surface area contributed by atoms with Gasteiger partial charge in [-0.3, -0.25) is 9.13 Å². The Kier molecular flexibility index (Phi) is 12.5. The first-order valence-corrected chi connectivity index (χ1v) is 20.1. The molecule has 8 rings (SSSR count). The average Bonchev–Trinajstić information content (AvgIpc) is 3.90. The second kappa shape index (κ2) is 17.6. The smallest absolute Gasteiger partial charge is 0.386 e. The molecule has 0 aliphatic carbocycles. The van der Waals surface area contributed by atoms with Crippen molar-refractivity contribution >= 4 is 86.3 Å². The highest BCUT2D eigenvalue weighted by Crippen LogP contribution is 2.28. The summed E-state index contributed by atoms with van der Waals surface area (Å²) in [6.07, 6.45) is 2.71. The summed E-state index contributed by atoms with van der Waals surface area (Å²) in [4.78, 5) is 20.2. The van der Waals surface area contributed by atoms with Crippen molar-refractivity contribution in [2.24, 2.45) is 31.1 Å². The van der Waals surface area contributed by atoms with E-state index in [1.54, 1.807) is 45.3 Å². The van der Waals surface area contributed by atoms with Crippen LogP contribution < -0.4 is 23.8 Å². The molecule has 4 aromatic heterocycles. The van der Waals surface area contributed by atoms with Crippen molar-refractivity contribution in [1.29, 1.82) is 0 Å². The standard InChI is InChI=1S/C22H23N3OS2.C16H14N3S2.NO3/c1-24-19(17-10-4-2-5-11-17)16-27-21(24)23-22-25(14-8-3-9-15-26)18-12-6-7-13-20(18)28-22;1-18-11-7-3-5-9-13(11)20-15(18)17-16-19(2)12-8-4-6-10-14(12)21-16;2-1(3)4/h2,4-7,10-13,16H,3,8-9,14-15H2,1H3;3-10H,1-2H3;/q;+1;-1. The lowest BCUT2D eigenvalue weighted by molar-refractivity contribution is -0.655. The highest BCUT2D eigenvalue weighted by atomic mass is 32.1. The van der Waals surface area contributed by atoms with Crippen LogP contribution in [0.1, 0.15) is 19.3 Å². The van der Waals surface area contributed by atoms with E-state index in [2.05, 4.69) is 142 Å². The highest BCUT2D eigenvalue weighted by molar-refractivity contribution is 7.22. The quantitative estimate of drug-likeness (QED) is 0.0693. The monoisotopic (exact) mass is 783 g/mol. The summed E-state index contributed by atoms with van der Waals surface area (Å²) < 4.78 is 12.5. The molecule has 0 atom stereocenters. The molecule has 0 N–H and O–H groups in total. The van der Waals surface area contributed by atoms with Gasteiger partial charge in [0.25, 0.3) is 0 Å². The van der Waals surface area contributed by atoms with E-state index in [1.807, 2.05) is 6.07 Å². The zero-order valence-corrected chi connectivity index (χ0v) is 32.6. The van der Waals surface area contributed by atoms with Gasteiger partial charge in [0.05, 0.1) is 44.0 Å². The molecule has 8 aromatic rings. The fourth-order valence-electron chi connectivity index (χ4n) is 5.75. The van der Waals surface area contributed by atoms with Crippen molar-refractivity contribution in [3.63, 3.8) is 0 Å². The first-order chi connectivity index (χ1) is 25.7. The molecule has 0 saturated carbocycles. The van der Waals surface area contributed by atoms with E-state index in [-0.39, 0.29) is 6.61 Å². The van der Waals surface area contributed by atoms with Crippen molar-refractivity contribution in [2.45, 2.75) is 25.8 Å². The molecule has 0 radical (unpaired) electrons. The minimum absolute atomic E-state index is 0.0135. The number of hydrogen-bond acceptors (Lipinski definition) is 10. The van der Waals surface area contributed by atoms with Crippen molar-refractivity contribution < 1.29 is 19.3 Å². The summed E-state index contributed by atoms with van der Waals surface area (Å²) in [6.45, 7) is 0.906. The van der Waals surface area contributed by atoms with Crippen LogP contribution in [0, 0.1) is 15.3 Å². The number of benzene rings is 4. The van der Waals surface area contributed by atoms with Gasteiger partial charge in [-0.15, -0.1) is 6.61 Å². The maximum absolute atomic E-state index is 10.7. The van der Waals surface area contributed by atoms with E-state index in [0.29, 0.717) is 0 Å². The summed E-state index contributed by atoms with van der Waals surface area (Å²) in [5.41, 5.74) is 6.04. The number of aromatic nitrogens is 4. The summed E-state index contributed by atoms with van der Waals surface area (Å²) in [6, 6.07) is 35.7. The maximum Gasteiger partial charge on any atom is 0.386 e. The summed E-state index contributed by atoms with van der Waals surface area (Å²) >= 11 is 6.84. The molecule has 15 heteroatoms. The number of fused-ring (bicyclic) bond motifs is 3. The van der Waals surface area contributed by atoms with Gasteiger partial charge in [-0.2, -0.15) is 0 Å². The maximum atomic E-state index is 10.7. The van der Waals surface area contributed by atoms with Crippen molar-refractivity contribution in [2.75, 3.05) is 6.61 Å². The number of nitrogens with zero attached hydrogens (tertiary/aromatic N) is 7. The van der Waals surface area contributed by atoms with Gasteiger partial charge < -0.3 is 20.4 Å². The fraction of sp³-hybridized carbons (Fsp3) is 0.211. The molecular formula is C38H37N7O4S4. The molecule has 0 aliphatic rings. The molecule has 0 aliphatic heterocycles. The minimum atomic E-state index is -1.75. The second-order valence-electron chi connectivity index (χ2n) is 11.9. The van der Waals surface area contributed by atoms with E-state index in [9.17, 15) is 5.11 Å². The van der Waals surface area contributed by atoms with Crippen LogP contribution >= 0.6 is 45.3 Å². The number of unbranched alkanes of at least 4 members (excludes halogenated alkanes) is 2. The molecule has 0 amide bonds. The third kappa shape index (κ3) is 8.95. The summed E-state index contributed by atoms with van der Waals surface area (Å²) in [5.74, 6) is 0. The Balaban J connectivity index is 0.000000170. The Labute approximate surface area is 321 Å². The van der Waals surface area contributed by atoms with Gasteiger partial charge in [-0.1, -0.05) is 102 Å². The number of thiazole rings is 4. The molecule has 11 nitrogen and oxygen atoms in total. The van der Waals surface area contributed by atoms with Gasteiger partial charge in [-0.05, 0) is 71.1 Å². The number of aryl methyl sites for hydroxylation is 3. The molecular weight excluding hydrogens is 747 g/mol. The highest BCUT2D eigenvalue weighted by Gasteiger charge is 2.20. The van der Waals surface area contributed by atoms with Gasteiger partial charge in [-0.25, -0.2) is 9.13 Å². The van der Waals surface area contributed by atoms with Crippen LogP contribution in [0.3, 0.4) is 0 Å². The summed E-state index contributed by atoms with van der Waals surface area (Å²) in [5, 5.41) is 29.7. The lowest BCUT2D eigenvalue weighted by atomic mass is 10.2. The first-order valence-electron chi connectivity index (χ1n) is 16.8. The third-order valence-corrected chi connectivity index (χ3v) is 12.6. The van der Waals surface area contributed by atoms with Gasteiger partial charge in [0.15, 0.2) is 0 Å². The fourth-order valence-corrected chi connectivity index (χ4v) is 9.87. The zero-order chi connectivity index (χ0) is 37.3. The third-order valence-electron chi connectivity index (χ3n) is 8.42. The van der Waals surface area contributed by atoms with E-state index in [4.69, 9.17) is 25.3 Å². The molecule has 0 saturated heterocycles. The summed E-state index contributed by atoms with van der Waals surface area (Å²) in [7, 11) is 6.22. The molecule has 0 fully saturated rings. The Hall–Kier alpha value is -5.06. The van der Waals surface area contributed by atoms with Gasteiger partial charge in [0, 0.05) is 29.5 Å². The average molecular weight is 784 g/mol. The predicted octanol–water partition coefficient (Wildman–Crippen LogP) is 7.29. The van der Waals surface area contributed by atoms with Gasteiger partial charge in [0.1, 0.15) is 11.0 Å². The van der Waals surface area contributed by atoms with Crippen LogP contribution in [0.4, 0.5) is 10.3 Å². The lowest BCUT2D eigenvalue weighted by Crippen LogP contribution is -2.33. The van der Waals surface area contributed by atoms with Crippen LogP contribution in [-0.4, -0.2) is 20.8 Å². The topological polar surface area (TPSA) is 132 Å². The lowest BCUT2D eigenvalue weighted by Gasteiger charge is -2.03. The van der Waals surface area contributed by atoms with E-state index in [1.165, 1.54) is 41.9 Å². The van der Waals surface area contributed by atoms with Crippen LogP contribution in [0.15, 0.2) is 118 Å². The molecule has 0 unspecified atom stereocenters. The van der Waals surface area contributed by atoms with Crippen LogP contribution in [0.5, 0.6) is 0 Å². The van der Waals surface area contributed by atoms with Crippen LogP contribution in [0.2, 0.25) is 0 Å². The molecule has 0 spiro atoms. The van der Waals surface area contributed by atoms with E-state index < -0.39 is 5.09 Å². The Bertz CT molecular complexity index is 2610. The van der Waals surface area contributed by atoms with E-state index in [0.717, 1.165) is 45.7 Å². The Morgan fingerprint density at radius 2 is 1.26 bits per heavy atom. The predicted molar refractivity (Wildman–Crippen MR) is 214 cm³/mol. The van der Waals surface area contributed by atoms with E-state index >= 15 is 0 Å². The van der Waals surface area contributed by atoms with Crippen LogP contribution in [0.25, 0.3) is 41.9 Å². The number of hydrogen-bond donors (Lipinski definition) is 0. The van der Waals surface area contributed by atoms with Crippen LogP contribution in [-0.2, 0) is 27.7 Å². The number of para-hydroxylation sites is 3. The SMILES string of the molecule is Cn1c(-c2ccccc2)csc1=Nc1sc2ccccc2[n+]1CCCCC[O-].Cn1c(=Nc2sc3ccccc3[n+]2C)sc2ccccc21.O=[N+]([O-])[O-]. The first kappa shape index (κ1) is 37.7.